The zero-order valence-corrected chi connectivity index (χ0v) is 21.1. The number of thiophene rings is 1. The smallest absolute Gasteiger partial charge is 0.266 e. The number of carbonyl (C=O) groups excluding carboxylic acids is 2. The molecule has 0 spiro atoms. The van der Waals surface area contributed by atoms with Crippen molar-refractivity contribution in [1.29, 1.82) is 0 Å². The Bertz CT molecular complexity index is 1530. The Labute approximate surface area is 210 Å². The van der Waals surface area contributed by atoms with Crippen LogP contribution in [0.3, 0.4) is 0 Å². The van der Waals surface area contributed by atoms with E-state index in [1.807, 2.05) is 32.0 Å². The molecule has 0 unspecified atom stereocenters. The van der Waals surface area contributed by atoms with Crippen LogP contribution in [-0.4, -0.2) is 28.5 Å². The average molecular weight is 511 g/mol. The lowest BCUT2D eigenvalue weighted by atomic mass is 10.1. The van der Waals surface area contributed by atoms with Gasteiger partial charge in [0.15, 0.2) is 0 Å². The third kappa shape index (κ3) is 5.06. The van der Waals surface area contributed by atoms with Gasteiger partial charge in [-0.05, 0) is 56.2 Å². The molecule has 180 valence electrons. The molecule has 0 aliphatic heterocycles. The summed E-state index contributed by atoms with van der Waals surface area (Å²) in [7, 11) is 1.50. The van der Waals surface area contributed by atoms with Crippen molar-refractivity contribution in [3.05, 3.63) is 79.7 Å². The quantitative estimate of drug-likeness (QED) is 0.382. The lowest BCUT2D eigenvalue weighted by Crippen LogP contribution is -2.28. The van der Waals surface area contributed by atoms with Crippen LogP contribution in [0, 0.1) is 20.8 Å². The van der Waals surface area contributed by atoms with Crippen LogP contribution >= 0.6 is 22.9 Å². The van der Waals surface area contributed by atoms with Gasteiger partial charge >= 0.3 is 0 Å². The standard InChI is InChI=1S/C25H23ClN4O4S/c1-13-5-7-18(14(2)9-13)29-23(32)22-15(3)21-24(35-22)27-12-30(25(21)33)11-20(31)28-16-6-8-19(34-4)17(26)10-16/h5-10,12H,11H2,1-4H3,(H,28,31)(H,29,32). The van der Waals surface area contributed by atoms with Gasteiger partial charge in [-0.3, -0.25) is 19.0 Å². The lowest BCUT2D eigenvalue weighted by molar-refractivity contribution is -0.116. The number of halogens is 1. The SMILES string of the molecule is COc1ccc(NC(=O)Cn2cnc3sc(C(=O)Nc4ccc(C)cc4C)c(C)c3c2=O)cc1Cl. The van der Waals surface area contributed by atoms with Crippen LogP contribution in [-0.2, 0) is 11.3 Å². The van der Waals surface area contributed by atoms with Crippen LogP contribution in [0.15, 0.2) is 47.5 Å². The minimum absolute atomic E-state index is 0.245. The third-order valence-corrected chi connectivity index (χ3v) is 7.00. The van der Waals surface area contributed by atoms with Crippen molar-refractivity contribution in [3.8, 4) is 5.75 Å². The highest BCUT2D eigenvalue weighted by molar-refractivity contribution is 7.20. The van der Waals surface area contributed by atoms with Gasteiger partial charge in [0.2, 0.25) is 5.91 Å². The molecule has 8 nitrogen and oxygen atoms in total. The van der Waals surface area contributed by atoms with Crippen molar-refractivity contribution < 1.29 is 14.3 Å². The first kappa shape index (κ1) is 24.4. The van der Waals surface area contributed by atoms with Gasteiger partial charge in [-0.15, -0.1) is 11.3 Å². The summed E-state index contributed by atoms with van der Waals surface area (Å²) >= 11 is 7.25. The molecule has 0 saturated heterocycles. The predicted octanol–water partition coefficient (Wildman–Crippen LogP) is 4.94. The highest BCUT2D eigenvalue weighted by atomic mass is 35.5. The van der Waals surface area contributed by atoms with E-state index in [2.05, 4.69) is 15.6 Å². The van der Waals surface area contributed by atoms with E-state index < -0.39 is 11.5 Å². The van der Waals surface area contributed by atoms with Crippen molar-refractivity contribution in [2.24, 2.45) is 0 Å². The Balaban J connectivity index is 1.56. The number of hydrogen-bond donors (Lipinski definition) is 2. The monoisotopic (exact) mass is 510 g/mol. The summed E-state index contributed by atoms with van der Waals surface area (Å²) in [5.41, 5.74) is 3.36. The second-order valence-corrected chi connectivity index (χ2v) is 9.49. The number of nitrogens with one attached hydrogen (secondary N) is 2. The molecule has 10 heteroatoms. The first-order valence-corrected chi connectivity index (χ1v) is 11.9. The van der Waals surface area contributed by atoms with Crippen molar-refractivity contribution in [1.82, 2.24) is 9.55 Å². The molecule has 0 aliphatic rings. The molecule has 2 aromatic heterocycles. The Morgan fingerprint density at radius 2 is 1.89 bits per heavy atom. The average Bonchev–Trinajstić information content (AvgIpc) is 3.15. The second kappa shape index (κ2) is 9.89. The number of carbonyl (C=O) groups is 2. The predicted molar refractivity (Wildman–Crippen MR) is 139 cm³/mol. The highest BCUT2D eigenvalue weighted by Gasteiger charge is 2.20. The maximum absolute atomic E-state index is 13.1. The number of nitrogens with zero attached hydrogens (tertiary/aromatic N) is 2. The van der Waals surface area contributed by atoms with Crippen molar-refractivity contribution in [2.75, 3.05) is 17.7 Å². The largest absolute Gasteiger partial charge is 0.495 e. The van der Waals surface area contributed by atoms with Crippen LogP contribution in [0.5, 0.6) is 5.75 Å². The summed E-state index contributed by atoms with van der Waals surface area (Å²) in [6, 6.07) is 10.6. The number of rotatable bonds is 6. The van der Waals surface area contributed by atoms with Crippen molar-refractivity contribution >= 4 is 56.3 Å². The molecule has 0 bridgehead atoms. The number of fused-ring (bicyclic) bond motifs is 1. The van der Waals surface area contributed by atoms with E-state index >= 15 is 0 Å². The summed E-state index contributed by atoms with van der Waals surface area (Å²) in [4.78, 5) is 43.8. The molecular weight excluding hydrogens is 488 g/mol. The molecule has 4 aromatic rings. The van der Waals surface area contributed by atoms with E-state index in [9.17, 15) is 14.4 Å². The molecule has 4 rings (SSSR count). The molecule has 0 aliphatic carbocycles. The van der Waals surface area contributed by atoms with Gasteiger partial charge in [-0.1, -0.05) is 29.3 Å². The minimum atomic E-state index is -0.421. The van der Waals surface area contributed by atoms with Crippen molar-refractivity contribution in [3.63, 3.8) is 0 Å². The molecule has 2 aromatic carbocycles. The molecule has 2 amide bonds. The minimum Gasteiger partial charge on any atom is -0.495 e. The summed E-state index contributed by atoms with van der Waals surface area (Å²) in [6.07, 6.45) is 1.31. The van der Waals surface area contributed by atoms with Crippen LogP contribution in [0.25, 0.3) is 10.2 Å². The number of anilines is 2. The fourth-order valence-electron chi connectivity index (χ4n) is 3.72. The fraction of sp³-hybridized carbons (Fsp3) is 0.200. The number of amides is 2. The lowest BCUT2D eigenvalue weighted by Gasteiger charge is -2.09. The molecule has 35 heavy (non-hydrogen) atoms. The van der Waals surface area contributed by atoms with Gasteiger partial charge in [-0.25, -0.2) is 4.98 Å². The fourth-order valence-corrected chi connectivity index (χ4v) is 5.01. The van der Waals surface area contributed by atoms with Crippen molar-refractivity contribution in [2.45, 2.75) is 27.3 Å². The first-order chi connectivity index (χ1) is 16.7. The zero-order chi connectivity index (χ0) is 25.3. The van der Waals surface area contributed by atoms with Crippen LogP contribution in [0.4, 0.5) is 11.4 Å². The van der Waals surface area contributed by atoms with Gasteiger partial charge in [0, 0.05) is 11.4 Å². The van der Waals surface area contributed by atoms with Gasteiger partial charge in [0.25, 0.3) is 11.5 Å². The number of aryl methyl sites for hydroxylation is 3. The Morgan fingerprint density at radius 3 is 2.57 bits per heavy atom. The van der Waals surface area contributed by atoms with E-state index in [-0.39, 0.29) is 12.5 Å². The molecule has 0 saturated carbocycles. The van der Waals surface area contributed by atoms with E-state index in [1.54, 1.807) is 25.1 Å². The molecule has 2 heterocycles. The van der Waals surface area contributed by atoms with E-state index in [4.69, 9.17) is 16.3 Å². The van der Waals surface area contributed by atoms with E-state index in [0.717, 1.165) is 22.5 Å². The normalized spacial score (nSPS) is 10.9. The summed E-state index contributed by atoms with van der Waals surface area (Å²) in [6.45, 7) is 5.37. The molecular formula is C25H23ClN4O4S. The third-order valence-electron chi connectivity index (χ3n) is 5.50. The molecule has 0 fully saturated rings. The topological polar surface area (TPSA) is 102 Å². The maximum atomic E-state index is 13.1. The van der Waals surface area contributed by atoms with Gasteiger partial charge in [0.1, 0.15) is 17.1 Å². The first-order valence-electron chi connectivity index (χ1n) is 10.7. The molecule has 0 radical (unpaired) electrons. The Hall–Kier alpha value is -3.69. The summed E-state index contributed by atoms with van der Waals surface area (Å²) in [5, 5.41) is 6.29. The Morgan fingerprint density at radius 1 is 1.11 bits per heavy atom. The number of hydrogen-bond acceptors (Lipinski definition) is 6. The number of aromatic nitrogens is 2. The van der Waals surface area contributed by atoms with Gasteiger partial charge in [0.05, 0.1) is 28.7 Å². The van der Waals surface area contributed by atoms with Crippen LogP contribution < -0.4 is 20.9 Å². The number of ether oxygens (including phenoxy) is 1. The highest BCUT2D eigenvalue weighted by Crippen LogP contribution is 2.29. The van der Waals surface area contributed by atoms with Gasteiger partial charge < -0.3 is 15.4 Å². The van der Waals surface area contributed by atoms with Gasteiger partial charge in [-0.2, -0.15) is 0 Å². The molecule has 2 N–H and O–H groups in total. The van der Waals surface area contributed by atoms with E-state index in [0.29, 0.717) is 42.8 Å². The number of benzene rings is 2. The Kier molecular flexibility index (Phi) is 6.90. The summed E-state index contributed by atoms with van der Waals surface area (Å²) < 4.78 is 6.32. The second-order valence-electron chi connectivity index (χ2n) is 8.08. The zero-order valence-electron chi connectivity index (χ0n) is 19.6. The van der Waals surface area contributed by atoms with Crippen LogP contribution in [0.1, 0.15) is 26.4 Å². The van der Waals surface area contributed by atoms with Crippen LogP contribution in [0.2, 0.25) is 5.02 Å². The maximum Gasteiger partial charge on any atom is 0.266 e. The molecule has 0 atom stereocenters. The number of methoxy groups -OCH3 is 1. The summed E-state index contributed by atoms with van der Waals surface area (Å²) in [5.74, 6) is -0.242. The van der Waals surface area contributed by atoms with E-state index in [1.165, 1.54) is 18.0 Å².